The predicted octanol–water partition coefficient (Wildman–Crippen LogP) is 5.42. The van der Waals surface area contributed by atoms with E-state index in [4.69, 9.17) is 4.74 Å². The maximum absolute atomic E-state index is 12.2. The van der Waals surface area contributed by atoms with E-state index in [9.17, 15) is 4.79 Å². The van der Waals surface area contributed by atoms with Gasteiger partial charge >= 0.3 is 5.97 Å². The Morgan fingerprint density at radius 1 is 0.958 bits per heavy atom. The second kappa shape index (κ2) is 8.90. The monoisotopic (exact) mass is 356 g/mol. The van der Waals surface area contributed by atoms with Crippen molar-refractivity contribution in [1.82, 2.24) is 0 Å². The van der Waals surface area contributed by atoms with Gasteiger partial charge < -0.3 is 4.74 Å². The van der Waals surface area contributed by atoms with Crippen molar-refractivity contribution >= 4 is 25.8 Å². The van der Waals surface area contributed by atoms with Crippen molar-refractivity contribution in [3.8, 4) is 0 Å². The van der Waals surface area contributed by atoms with Gasteiger partial charge in [0, 0.05) is 11.8 Å². The van der Waals surface area contributed by atoms with Crippen molar-refractivity contribution in [1.29, 1.82) is 0 Å². The molecule has 126 valence electrons. The zero-order chi connectivity index (χ0) is 17.4. The number of benzene rings is 2. The van der Waals surface area contributed by atoms with E-state index in [0.29, 0.717) is 6.61 Å². The van der Waals surface area contributed by atoms with Crippen LogP contribution in [0.3, 0.4) is 0 Å². The first-order valence-electron chi connectivity index (χ1n) is 8.05. The molecule has 2 nitrogen and oxygen atoms in total. The molecule has 0 spiro atoms. The molecule has 0 aliphatic heterocycles. The van der Waals surface area contributed by atoms with Gasteiger partial charge in [-0.05, 0) is 15.7 Å². The molecule has 0 aliphatic carbocycles. The summed E-state index contributed by atoms with van der Waals surface area (Å²) in [7, 11) is -1.59. The minimum absolute atomic E-state index is 0.253. The van der Waals surface area contributed by atoms with Crippen LogP contribution in [0.4, 0.5) is 0 Å². The highest BCUT2D eigenvalue weighted by atomic mass is 32.2. The fraction of sp³-hybridized carbons (Fsp3) is 0.250. The number of hydrogen-bond donors (Lipinski definition) is 0. The summed E-state index contributed by atoms with van der Waals surface area (Å²) in [5, 5.41) is 0. The van der Waals surface area contributed by atoms with E-state index in [-0.39, 0.29) is 5.97 Å². The van der Waals surface area contributed by atoms with Gasteiger partial charge in [0.2, 0.25) is 0 Å². The van der Waals surface area contributed by atoms with Gasteiger partial charge in [0.05, 0.1) is 8.07 Å². The lowest BCUT2D eigenvalue weighted by atomic mass is 10.2. The van der Waals surface area contributed by atoms with Gasteiger partial charge in [-0.1, -0.05) is 80.3 Å². The van der Waals surface area contributed by atoms with Crippen LogP contribution in [0.25, 0.3) is 0 Å². The van der Waals surface area contributed by atoms with Gasteiger partial charge in [0.15, 0.2) is 0 Å². The molecule has 0 N–H and O–H groups in total. The number of rotatable bonds is 7. The summed E-state index contributed by atoms with van der Waals surface area (Å²) in [5.41, 5.74) is 2.27. The number of carbonyl (C=O) groups excluding carboxylic acids is 1. The molecule has 2 aromatic carbocycles. The Morgan fingerprint density at radius 2 is 1.50 bits per heavy atom. The molecular formula is C20H24O2SSi. The molecule has 0 fully saturated rings. The first-order chi connectivity index (χ1) is 11.4. The fourth-order valence-corrected chi connectivity index (χ4v) is 5.28. The molecule has 0 saturated carbocycles. The average molecular weight is 357 g/mol. The van der Waals surface area contributed by atoms with Crippen LogP contribution in [-0.2, 0) is 21.9 Å². The Morgan fingerprint density at radius 3 is 2.04 bits per heavy atom. The summed E-state index contributed by atoms with van der Waals surface area (Å²) in [6.45, 7) is 7.07. The Hall–Kier alpha value is -1.78. The molecule has 0 radical (unpaired) electrons. The van der Waals surface area contributed by atoms with E-state index in [2.05, 4.69) is 31.8 Å². The van der Waals surface area contributed by atoms with E-state index in [0.717, 1.165) is 11.3 Å². The smallest absolute Gasteiger partial charge is 0.331 e. The normalized spacial score (nSPS) is 12.0. The Balaban J connectivity index is 1.98. The number of thioether (sulfide) groups is 1. The number of esters is 1. The highest BCUT2D eigenvalue weighted by Gasteiger charge is 2.21. The number of ether oxygens (including phenoxy) is 1. The van der Waals surface area contributed by atoms with Gasteiger partial charge in [-0.25, -0.2) is 4.79 Å². The van der Waals surface area contributed by atoms with Crippen LogP contribution in [0.15, 0.2) is 71.3 Å². The second-order valence-electron chi connectivity index (χ2n) is 6.63. The minimum atomic E-state index is -1.59. The molecule has 0 aliphatic rings. The molecule has 24 heavy (non-hydrogen) atoms. The molecular weight excluding hydrogens is 332 g/mol. The van der Waals surface area contributed by atoms with Gasteiger partial charge in [-0.15, -0.1) is 11.8 Å². The molecule has 4 heteroatoms. The van der Waals surface area contributed by atoms with Crippen molar-refractivity contribution in [2.75, 3.05) is 0 Å². The number of carbonyl (C=O) groups is 1. The summed E-state index contributed by atoms with van der Waals surface area (Å²) in [4.78, 5) is 12.2. The highest BCUT2D eigenvalue weighted by Crippen LogP contribution is 2.29. The van der Waals surface area contributed by atoms with Crippen LogP contribution in [0.5, 0.6) is 0 Å². The predicted molar refractivity (Wildman–Crippen MR) is 105 cm³/mol. The maximum Gasteiger partial charge on any atom is 0.331 e. The van der Waals surface area contributed by atoms with Gasteiger partial charge in [-0.3, -0.25) is 0 Å². The van der Waals surface area contributed by atoms with Crippen LogP contribution >= 0.6 is 11.8 Å². The molecule has 0 unspecified atom stereocenters. The molecule has 2 rings (SSSR count). The first-order valence-corrected chi connectivity index (χ1v) is 12.5. The third-order valence-electron chi connectivity index (χ3n) is 3.45. The summed E-state index contributed by atoms with van der Waals surface area (Å²) < 4.78 is 6.57. The minimum Gasteiger partial charge on any atom is -0.458 e. The average Bonchev–Trinajstić information content (AvgIpc) is 2.57. The molecule has 0 heterocycles. The lowest BCUT2D eigenvalue weighted by Crippen LogP contribution is -2.23. The molecule has 0 saturated heterocycles. The van der Waals surface area contributed by atoms with E-state index in [1.165, 1.54) is 10.1 Å². The van der Waals surface area contributed by atoms with Crippen LogP contribution < -0.4 is 0 Å². The molecule has 0 bridgehead atoms. The second-order valence-corrected chi connectivity index (χ2v) is 13.0. The Labute approximate surface area is 149 Å². The van der Waals surface area contributed by atoms with E-state index >= 15 is 0 Å². The van der Waals surface area contributed by atoms with E-state index in [1.807, 2.05) is 48.5 Å². The third kappa shape index (κ3) is 6.38. The number of hydrogen-bond acceptors (Lipinski definition) is 3. The Bertz CT molecular complexity index is 676. The fourth-order valence-electron chi connectivity index (χ4n) is 2.09. The van der Waals surface area contributed by atoms with Crippen LogP contribution in [0.2, 0.25) is 19.6 Å². The van der Waals surface area contributed by atoms with E-state index in [1.54, 1.807) is 17.8 Å². The highest BCUT2D eigenvalue weighted by molar-refractivity contribution is 8.04. The van der Waals surface area contributed by atoms with Crippen molar-refractivity contribution in [2.24, 2.45) is 0 Å². The first kappa shape index (κ1) is 18.6. The topological polar surface area (TPSA) is 26.3 Å². The quantitative estimate of drug-likeness (QED) is 0.376. The lowest BCUT2D eigenvalue weighted by Gasteiger charge is -2.20. The SMILES string of the molecule is C[Si](C)(C)C(=CC(=O)OCc1ccccc1)SCc1ccccc1. The summed E-state index contributed by atoms with van der Waals surface area (Å²) in [6, 6.07) is 20.1. The zero-order valence-electron chi connectivity index (χ0n) is 14.5. The van der Waals surface area contributed by atoms with Gasteiger partial charge in [0.1, 0.15) is 6.61 Å². The summed E-state index contributed by atoms with van der Waals surface area (Å²) >= 11 is 1.75. The standard InChI is InChI=1S/C20H24O2SSi/c1-24(2,3)20(23-16-18-12-8-5-9-13-18)14-19(21)22-15-17-10-6-4-7-11-17/h4-14H,15-16H2,1-3H3. The van der Waals surface area contributed by atoms with Crippen molar-refractivity contribution in [3.63, 3.8) is 0 Å². The Kier molecular flexibility index (Phi) is 6.88. The van der Waals surface area contributed by atoms with Crippen LogP contribution in [0.1, 0.15) is 11.1 Å². The van der Waals surface area contributed by atoms with Crippen molar-refractivity contribution in [2.45, 2.75) is 32.0 Å². The van der Waals surface area contributed by atoms with Crippen molar-refractivity contribution in [3.05, 3.63) is 82.4 Å². The van der Waals surface area contributed by atoms with E-state index < -0.39 is 8.07 Å². The molecule has 0 amide bonds. The van der Waals surface area contributed by atoms with Gasteiger partial charge in [-0.2, -0.15) is 0 Å². The maximum atomic E-state index is 12.2. The summed E-state index contributed by atoms with van der Waals surface area (Å²) in [5.74, 6) is 0.625. The van der Waals surface area contributed by atoms with Crippen LogP contribution in [0, 0.1) is 0 Å². The molecule has 0 aromatic heterocycles. The van der Waals surface area contributed by atoms with Gasteiger partial charge in [0.25, 0.3) is 0 Å². The largest absolute Gasteiger partial charge is 0.458 e. The van der Waals surface area contributed by atoms with Crippen molar-refractivity contribution < 1.29 is 9.53 Å². The van der Waals surface area contributed by atoms with Crippen LogP contribution in [-0.4, -0.2) is 14.0 Å². The third-order valence-corrected chi connectivity index (χ3v) is 8.25. The zero-order valence-corrected chi connectivity index (χ0v) is 16.3. The molecule has 0 atom stereocenters. The summed E-state index contributed by atoms with van der Waals surface area (Å²) in [6.07, 6.45) is 1.70. The lowest BCUT2D eigenvalue weighted by molar-refractivity contribution is -0.139. The molecule has 2 aromatic rings.